The van der Waals surface area contributed by atoms with Gasteiger partial charge in [0, 0.05) is 13.1 Å². The Hall–Kier alpha value is -0.480. The second-order valence-electron chi connectivity index (χ2n) is 6.47. The van der Waals surface area contributed by atoms with Crippen LogP contribution >= 0.6 is 0 Å². The average Bonchev–Trinajstić information content (AvgIpc) is 2.64. The average molecular weight is 384 g/mol. The van der Waals surface area contributed by atoms with Crippen LogP contribution in [0.25, 0.3) is 0 Å². The smallest absolute Gasteiger partial charge is 0.142 e. The summed E-state index contributed by atoms with van der Waals surface area (Å²) in [6.07, 6.45) is -14.8. The number of nitrogens with zero attached hydrogens (tertiary/aromatic N) is 1. The molecule has 0 aromatic rings. The van der Waals surface area contributed by atoms with Gasteiger partial charge in [0.2, 0.25) is 0 Å². The Labute approximate surface area is 149 Å². The summed E-state index contributed by atoms with van der Waals surface area (Å²) in [7, 11) is 0. The first-order valence-electron chi connectivity index (χ1n) is 8.35. The van der Waals surface area contributed by atoms with Crippen molar-refractivity contribution in [2.24, 2.45) is 5.73 Å². The Kier molecular flexibility index (Phi) is 7.67. The number of ether oxygens (including phenoxy) is 2. The Bertz CT molecular complexity index is 406. The maximum Gasteiger partial charge on any atom is 0.142 e. The highest BCUT2D eigenvalue weighted by molar-refractivity contribution is 4.97. The van der Waals surface area contributed by atoms with Gasteiger partial charge in [-0.2, -0.15) is 0 Å². The summed E-state index contributed by atoms with van der Waals surface area (Å²) in [5, 5.41) is 78.9. The van der Waals surface area contributed by atoms with Crippen molar-refractivity contribution in [3.63, 3.8) is 0 Å². The van der Waals surface area contributed by atoms with E-state index in [4.69, 9.17) is 15.2 Å². The fraction of sp³-hybridized carbons (Fsp3) is 1.00. The molecule has 0 aromatic heterocycles. The molecule has 0 aromatic carbocycles. The van der Waals surface area contributed by atoms with E-state index in [0.717, 1.165) is 0 Å². The molecule has 2 aliphatic heterocycles. The molecule has 2 aliphatic rings. The van der Waals surface area contributed by atoms with Gasteiger partial charge in [0.25, 0.3) is 0 Å². The van der Waals surface area contributed by atoms with E-state index < -0.39 is 74.5 Å². The number of hydrogen-bond acceptors (Lipinski definition) is 12. The van der Waals surface area contributed by atoms with Crippen LogP contribution in [-0.4, -0.2) is 133 Å². The number of aliphatic hydroxyl groups excluding tert-OH is 8. The van der Waals surface area contributed by atoms with Gasteiger partial charge in [0.05, 0.1) is 13.2 Å². The summed E-state index contributed by atoms with van der Waals surface area (Å²) in [4.78, 5) is 1.20. The lowest BCUT2D eigenvalue weighted by Gasteiger charge is -2.50. The Morgan fingerprint density at radius 2 is 1.04 bits per heavy atom. The van der Waals surface area contributed by atoms with E-state index >= 15 is 0 Å². The number of hydrogen-bond donors (Lipinski definition) is 9. The van der Waals surface area contributed by atoms with Crippen LogP contribution in [0.5, 0.6) is 0 Å². The first-order chi connectivity index (χ1) is 12.3. The van der Waals surface area contributed by atoms with E-state index in [-0.39, 0.29) is 13.1 Å². The molecule has 10 atom stereocenters. The quantitative estimate of drug-likeness (QED) is 0.209. The minimum absolute atomic E-state index is 0.00401. The van der Waals surface area contributed by atoms with E-state index in [1.54, 1.807) is 0 Å². The third-order valence-electron chi connectivity index (χ3n) is 4.78. The molecule has 154 valence electrons. The van der Waals surface area contributed by atoms with E-state index in [1.165, 1.54) is 4.90 Å². The molecule has 2 unspecified atom stereocenters. The van der Waals surface area contributed by atoms with Crippen molar-refractivity contribution in [3.8, 4) is 0 Å². The molecule has 2 rings (SSSR count). The summed E-state index contributed by atoms with van der Waals surface area (Å²) in [6, 6.07) is 0. The SMILES string of the molecule is NCCN(C1O[C@H](CO)[C@@H](O)[C@H](O)[C@H]1O)C1O[C@H](CO)[C@@H](O)[C@H](O)[C@H]1O. The van der Waals surface area contributed by atoms with E-state index in [0.29, 0.717) is 0 Å². The minimum atomic E-state index is -1.66. The van der Waals surface area contributed by atoms with Crippen molar-refractivity contribution in [1.82, 2.24) is 4.90 Å². The molecular weight excluding hydrogens is 356 g/mol. The van der Waals surface area contributed by atoms with Crippen LogP contribution in [0.2, 0.25) is 0 Å². The van der Waals surface area contributed by atoms with Gasteiger partial charge in [-0.15, -0.1) is 0 Å². The summed E-state index contributed by atoms with van der Waals surface area (Å²) >= 11 is 0. The molecule has 10 N–H and O–H groups in total. The van der Waals surface area contributed by atoms with Crippen LogP contribution in [0.15, 0.2) is 0 Å². The van der Waals surface area contributed by atoms with Crippen molar-refractivity contribution in [2.75, 3.05) is 26.3 Å². The molecule has 12 heteroatoms. The topological polar surface area (TPSA) is 210 Å². The molecule has 0 radical (unpaired) electrons. The van der Waals surface area contributed by atoms with Crippen LogP contribution in [0.1, 0.15) is 0 Å². The van der Waals surface area contributed by atoms with Crippen LogP contribution in [-0.2, 0) is 9.47 Å². The Balaban J connectivity index is 2.28. The molecule has 2 saturated heterocycles. The number of rotatable bonds is 6. The minimum Gasteiger partial charge on any atom is -0.394 e. The van der Waals surface area contributed by atoms with Gasteiger partial charge in [0.1, 0.15) is 61.3 Å². The van der Waals surface area contributed by atoms with Gasteiger partial charge in [-0.1, -0.05) is 0 Å². The summed E-state index contributed by atoms with van der Waals surface area (Å²) < 4.78 is 10.9. The van der Waals surface area contributed by atoms with Gasteiger partial charge in [-0.05, 0) is 0 Å². The van der Waals surface area contributed by atoms with E-state index in [2.05, 4.69) is 0 Å². The summed E-state index contributed by atoms with van der Waals surface area (Å²) in [5.41, 5.74) is 5.55. The monoisotopic (exact) mass is 384 g/mol. The Morgan fingerprint density at radius 1 is 0.654 bits per heavy atom. The maximum atomic E-state index is 10.3. The Morgan fingerprint density at radius 3 is 1.35 bits per heavy atom. The zero-order valence-electron chi connectivity index (χ0n) is 14.0. The van der Waals surface area contributed by atoms with E-state index in [1.807, 2.05) is 0 Å². The standard InChI is InChI=1S/C14H28N2O10/c15-1-2-16(13-11(23)9(21)7(19)5(3-17)25-13)14-12(24)10(22)8(20)6(4-18)26-14/h5-14,17-24H,1-4,15H2/t5-,6-,7-,8-,9+,10+,11-,12-,13?,14?/m1/s1. The normalized spacial score (nSPS) is 47.3. The predicted molar refractivity (Wildman–Crippen MR) is 83.3 cm³/mol. The lowest BCUT2D eigenvalue weighted by atomic mass is 9.95. The molecule has 0 aliphatic carbocycles. The first kappa shape index (κ1) is 21.8. The third kappa shape index (κ3) is 4.01. The van der Waals surface area contributed by atoms with E-state index in [9.17, 15) is 40.9 Å². The second kappa shape index (κ2) is 9.14. The third-order valence-corrected chi connectivity index (χ3v) is 4.78. The highest BCUT2D eigenvalue weighted by Crippen LogP contribution is 2.30. The van der Waals surface area contributed by atoms with Crippen molar-refractivity contribution in [1.29, 1.82) is 0 Å². The van der Waals surface area contributed by atoms with Crippen molar-refractivity contribution < 1.29 is 50.3 Å². The van der Waals surface area contributed by atoms with Gasteiger partial charge in [-0.3, -0.25) is 0 Å². The fourth-order valence-electron chi connectivity index (χ4n) is 3.26. The summed E-state index contributed by atoms with van der Waals surface area (Å²) in [5.74, 6) is 0. The highest BCUT2D eigenvalue weighted by Gasteiger charge is 2.52. The molecule has 26 heavy (non-hydrogen) atoms. The zero-order valence-corrected chi connectivity index (χ0v) is 14.0. The number of nitrogens with two attached hydrogens (primary N) is 1. The molecule has 0 bridgehead atoms. The van der Waals surface area contributed by atoms with Crippen LogP contribution in [0.3, 0.4) is 0 Å². The highest BCUT2D eigenvalue weighted by atomic mass is 16.6. The summed E-state index contributed by atoms with van der Waals surface area (Å²) in [6.45, 7) is -1.32. The molecule has 2 fully saturated rings. The number of aliphatic hydroxyl groups is 8. The van der Waals surface area contributed by atoms with Gasteiger partial charge in [-0.25, -0.2) is 4.90 Å². The van der Waals surface area contributed by atoms with Crippen LogP contribution in [0, 0.1) is 0 Å². The van der Waals surface area contributed by atoms with Crippen molar-refractivity contribution >= 4 is 0 Å². The van der Waals surface area contributed by atoms with Gasteiger partial charge < -0.3 is 56.1 Å². The molecule has 0 saturated carbocycles. The van der Waals surface area contributed by atoms with Crippen LogP contribution < -0.4 is 5.73 Å². The van der Waals surface area contributed by atoms with Gasteiger partial charge in [0.15, 0.2) is 0 Å². The largest absolute Gasteiger partial charge is 0.394 e. The molecule has 12 nitrogen and oxygen atoms in total. The lowest BCUT2D eigenvalue weighted by molar-refractivity contribution is -0.322. The predicted octanol–water partition coefficient (Wildman–Crippen LogP) is -6.15. The zero-order chi connectivity index (χ0) is 19.6. The van der Waals surface area contributed by atoms with Crippen molar-refractivity contribution in [3.05, 3.63) is 0 Å². The maximum absolute atomic E-state index is 10.3. The fourth-order valence-corrected chi connectivity index (χ4v) is 3.26. The van der Waals surface area contributed by atoms with Crippen molar-refractivity contribution in [2.45, 2.75) is 61.3 Å². The molecule has 0 spiro atoms. The molecule has 0 amide bonds. The lowest BCUT2D eigenvalue weighted by Crippen LogP contribution is -2.70. The molecular formula is C14H28N2O10. The molecule has 2 heterocycles. The first-order valence-corrected chi connectivity index (χ1v) is 8.35. The second-order valence-corrected chi connectivity index (χ2v) is 6.47. The van der Waals surface area contributed by atoms with Crippen LogP contribution in [0.4, 0.5) is 0 Å². The van der Waals surface area contributed by atoms with Gasteiger partial charge >= 0.3 is 0 Å².